The molecule has 1 saturated heterocycles. The first-order valence-electron chi connectivity index (χ1n) is 6.30. The Balaban J connectivity index is 2.42. The molecule has 2 amide bonds. The van der Waals surface area contributed by atoms with Crippen molar-refractivity contribution in [2.24, 2.45) is 5.92 Å². The number of terminal acetylenes is 1. The number of aliphatic carboxylic acids is 1. The fourth-order valence-corrected chi connectivity index (χ4v) is 2.00. The molecule has 0 radical (unpaired) electrons. The first-order chi connectivity index (χ1) is 9.04. The van der Waals surface area contributed by atoms with Crippen LogP contribution >= 0.6 is 0 Å². The average molecular weight is 268 g/mol. The largest absolute Gasteiger partial charge is 0.480 e. The van der Waals surface area contributed by atoms with E-state index in [0.29, 0.717) is 19.1 Å². The molecule has 0 spiro atoms. The summed E-state index contributed by atoms with van der Waals surface area (Å²) >= 11 is 0. The van der Waals surface area contributed by atoms with Gasteiger partial charge in [-0.1, -0.05) is 0 Å². The predicted molar refractivity (Wildman–Crippen MR) is 69.6 cm³/mol. The Hall–Kier alpha value is -1.74. The van der Waals surface area contributed by atoms with Crippen molar-refractivity contribution in [1.29, 1.82) is 0 Å². The smallest absolute Gasteiger partial charge is 0.327 e. The average Bonchev–Trinajstić information content (AvgIpc) is 2.39. The number of ether oxygens (including phenoxy) is 1. The summed E-state index contributed by atoms with van der Waals surface area (Å²) < 4.78 is 5.34. The zero-order valence-corrected chi connectivity index (χ0v) is 11.1. The van der Waals surface area contributed by atoms with Gasteiger partial charge in [-0.25, -0.2) is 9.59 Å². The van der Waals surface area contributed by atoms with Gasteiger partial charge in [0.1, 0.15) is 6.04 Å². The van der Waals surface area contributed by atoms with Crippen LogP contribution in [0.5, 0.6) is 0 Å². The number of carbonyl (C=O) groups is 2. The molecule has 0 saturated carbocycles. The summed E-state index contributed by atoms with van der Waals surface area (Å²) in [6, 6.07) is -1.46. The van der Waals surface area contributed by atoms with Gasteiger partial charge in [0.2, 0.25) is 0 Å². The van der Waals surface area contributed by atoms with Gasteiger partial charge < -0.3 is 20.1 Å². The Kier molecular flexibility index (Phi) is 6.16. The van der Waals surface area contributed by atoms with Crippen LogP contribution in [0.1, 0.15) is 19.3 Å². The molecule has 1 heterocycles. The molecule has 2 unspecified atom stereocenters. The molecule has 2 N–H and O–H groups in total. The number of carboxylic acid groups (broad SMARTS) is 1. The quantitative estimate of drug-likeness (QED) is 0.713. The van der Waals surface area contributed by atoms with Gasteiger partial charge in [0.15, 0.2) is 0 Å². The minimum atomic E-state index is -1.12. The van der Waals surface area contributed by atoms with Crippen molar-refractivity contribution in [3.8, 4) is 12.3 Å². The van der Waals surface area contributed by atoms with E-state index in [2.05, 4.69) is 11.2 Å². The highest BCUT2D eigenvalue weighted by Crippen LogP contribution is 2.14. The Bertz CT molecular complexity index is 358. The molecule has 0 aromatic rings. The second-order valence-electron chi connectivity index (χ2n) is 4.71. The highest BCUT2D eigenvalue weighted by Gasteiger charge is 2.23. The van der Waals surface area contributed by atoms with E-state index in [0.717, 1.165) is 19.4 Å². The van der Waals surface area contributed by atoms with Gasteiger partial charge in [0.05, 0.1) is 6.61 Å². The van der Waals surface area contributed by atoms with Gasteiger partial charge in [-0.3, -0.25) is 0 Å². The van der Waals surface area contributed by atoms with E-state index < -0.39 is 18.0 Å². The summed E-state index contributed by atoms with van der Waals surface area (Å²) in [4.78, 5) is 24.2. The monoisotopic (exact) mass is 268 g/mol. The van der Waals surface area contributed by atoms with Crippen molar-refractivity contribution in [3.05, 3.63) is 0 Å². The lowest BCUT2D eigenvalue weighted by atomic mass is 10.0. The maximum atomic E-state index is 11.8. The normalized spacial score (nSPS) is 20.1. The molecule has 0 aromatic heterocycles. The molecule has 6 nitrogen and oxygen atoms in total. The van der Waals surface area contributed by atoms with Crippen LogP contribution in [0.3, 0.4) is 0 Å². The lowest BCUT2D eigenvalue weighted by Gasteiger charge is -2.28. The van der Waals surface area contributed by atoms with Crippen molar-refractivity contribution < 1.29 is 19.4 Å². The summed E-state index contributed by atoms with van der Waals surface area (Å²) in [6.07, 6.45) is 7.06. The lowest BCUT2D eigenvalue weighted by molar-refractivity contribution is -0.139. The molecule has 6 heteroatoms. The Morgan fingerprint density at radius 3 is 2.89 bits per heavy atom. The number of carbonyl (C=O) groups excluding carboxylic acids is 1. The van der Waals surface area contributed by atoms with Crippen molar-refractivity contribution in [2.45, 2.75) is 25.3 Å². The molecule has 1 aliphatic rings. The maximum absolute atomic E-state index is 11.8. The van der Waals surface area contributed by atoms with Crippen LogP contribution in [0.2, 0.25) is 0 Å². The second kappa shape index (κ2) is 7.64. The van der Waals surface area contributed by atoms with Gasteiger partial charge in [0, 0.05) is 32.5 Å². The van der Waals surface area contributed by atoms with Crippen LogP contribution < -0.4 is 5.32 Å². The van der Waals surface area contributed by atoms with E-state index >= 15 is 0 Å². The maximum Gasteiger partial charge on any atom is 0.327 e. The molecule has 0 aliphatic carbocycles. The summed E-state index contributed by atoms with van der Waals surface area (Å²) in [5.74, 6) is 1.42. The van der Waals surface area contributed by atoms with Crippen LogP contribution in [-0.2, 0) is 9.53 Å². The van der Waals surface area contributed by atoms with E-state index in [1.807, 2.05) is 0 Å². The number of urea groups is 1. The molecule has 1 rings (SSSR count). The minimum Gasteiger partial charge on any atom is -0.480 e. The number of amides is 2. The van der Waals surface area contributed by atoms with Crippen LogP contribution in [0.25, 0.3) is 0 Å². The topological polar surface area (TPSA) is 78.9 Å². The van der Waals surface area contributed by atoms with Gasteiger partial charge in [-0.15, -0.1) is 12.3 Å². The number of nitrogens with one attached hydrogen (secondary N) is 1. The standard InChI is InChI=1S/C13H20N2O4/c1-3-5-11(12(16)17)14-13(18)15(2)8-10-6-4-7-19-9-10/h1,10-11H,4-9H2,2H3,(H,14,18)(H,16,17). The molecule has 0 aromatic carbocycles. The van der Waals surface area contributed by atoms with Crippen LogP contribution in [0.15, 0.2) is 0 Å². The fourth-order valence-electron chi connectivity index (χ4n) is 2.00. The third-order valence-corrected chi connectivity index (χ3v) is 3.05. The van der Waals surface area contributed by atoms with Crippen LogP contribution in [0, 0.1) is 18.3 Å². The number of rotatable bonds is 5. The summed E-state index contributed by atoms with van der Waals surface area (Å²) in [5.41, 5.74) is 0. The molecule has 19 heavy (non-hydrogen) atoms. The van der Waals surface area contributed by atoms with E-state index in [1.165, 1.54) is 4.90 Å². The Morgan fingerprint density at radius 2 is 2.37 bits per heavy atom. The molecule has 2 atom stereocenters. The van der Waals surface area contributed by atoms with Crippen molar-refractivity contribution >= 4 is 12.0 Å². The SMILES string of the molecule is C#CCC(NC(=O)N(C)CC1CCCOC1)C(=O)O. The first-order valence-corrected chi connectivity index (χ1v) is 6.30. The lowest BCUT2D eigenvalue weighted by Crippen LogP contribution is -2.48. The first kappa shape index (κ1) is 15.3. The van der Waals surface area contributed by atoms with Crippen molar-refractivity contribution in [1.82, 2.24) is 10.2 Å². The summed E-state index contributed by atoms with van der Waals surface area (Å²) in [6.45, 7) is 1.97. The van der Waals surface area contributed by atoms with Gasteiger partial charge in [-0.2, -0.15) is 0 Å². The second-order valence-corrected chi connectivity index (χ2v) is 4.71. The van der Waals surface area contributed by atoms with E-state index in [9.17, 15) is 9.59 Å². The number of hydrogen-bond acceptors (Lipinski definition) is 3. The van der Waals surface area contributed by atoms with E-state index in [1.54, 1.807) is 7.05 Å². The van der Waals surface area contributed by atoms with Gasteiger partial charge in [-0.05, 0) is 12.8 Å². The summed E-state index contributed by atoms with van der Waals surface area (Å²) in [5, 5.41) is 11.3. The molecular weight excluding hydrogens is 248 g/mol. The minimum absolute atomic E-state index is 0.0263. The molecular formula is C13H20N2O4. The van der Waals surface area contributed by atoms with Crippen molar-refractivity contribution in [3.63, 3.8) is 0 Å². The Labute approximate surface area is 113 Å². The van der Waals surface area contributed by atoms with Crippen molar-refractivity contribution in [2.75, 3.05) is 26.8 Å². The number of carboxylic acids is 1. The van der Waals surface area contributed by atoms with Gasteiger partial charge >= 0.3 is 12.0 Å². The highest BCUT2D eigenvalue weighted by atomic mass is 16.5. The van der Waals surface area contributed by atoms with E-state index in [4.69, 9.17) is 16.3 Å². The van der Waals surface area contributed by atoms with Crippen LogP contribution in [0.4, 0.5) is 4.79 Å². The third kappa shape index (κ3) is 5.18. The predicted octanol–water partition coefficient (Wildman–Crippen LogP) is 0.531. The zero-order valence-electron chi connectivity index (χ0n) is 11.1. The molecule has 1 fully saturated rings. The fraction of sp³-hybridized carbons (Fsp3) is 0.692. The van der Waals surface area contributed by atoms with Crippen LogP contribution in [-0.4, -0.2) is 54.9 Å². The van der Waals surface area contributed by atoms with E-state index in [-0.39, 0.29) is 6.42 Å². The zero-order chi connectivity index (χ0) is 14.3. The van der Waals surface area contributed by atoms with Gasteiger partial charge in [0.25, 0.3) is 0 Å². The molecule has 1 aliphatic heterocycles. The summed E-state index contributed by atoms with van der Waals surface area (Å²) in [7, 11) is 1.64. The highest BCUT2D eigenvalue weighted by molar-refractivity contribution is 5.82. The molecule has 106 valence electrons. The number of hydrogen-bond donors (Lipinski definition) is 2. The third-order valence-electron chi connectivity index (χ3n) is 3.05. The Morgan fingerprint density at radius 1 is 1.63 bits per heavy atom. The number of nitrogens with zero attached hydrogens (tertiary/aromatic N) is 1. The molecule has 0 bridgehead atoms.